The van der Waals surface area contributed by atoms with Crippen LogP contribution in [0.4, 0.5) is 0 Å². The number of rotatable bonds is 0. The lowest BCUT2D eigenvalue weighted by Crippen LogP contribution is -1.66. The lowest BCUT2D eigenvalue weighted by molar-refractivity contribution is 1.89. The Morgan fingerprint density at radius 3 is 1.02 bits per heavy atom. The maximum atomic E-state index is 2.45. The highest BCUT2D eigenvalue weighted by molar-refractivity contribution is 6.48. The Morgan fingerprint density at radius 1 is 0.200 bits per heavy atom. The van der Waals surface area contributed by atoms with Gasteiger partial charge in [-0.1, -0.05) is 109 Å². The van der Waals surface area contributed by atoms with Crippen LogP contribution in [-0.4, -0.2) is 0 Å². The molecule has 0 saturated heterocycles. The van der Waals surface area contributed by atoms with Gasteiger partial charge in [-0.3, -0.25) is 0 Å². The molecule has 10 rings (SSSR count). The van der Waals surface area contributed by atoms with Crippen molar-refractivity contribution in [2.45, 2.75) is 0 Å². The minimum Gasteiger partial charge on any atom is -0.0622 e. The molecule has 10 aromatic rings. The van der Waals surface area contributed by atoms with Crippen molar-refractivity contribution in [1.82, 2.24) is 0 Å². The number of hydrogen-bond acceptors (Lipinski definition) is 0. The fourth-order valence-electron chi connectivity index (χ4n) is 7.73. The Hall–Kier alpha value is -5.20. The van der Waals surface area contributed by atoms with Gasteiger partial charge in [0.2, 0.25) is 0 Å². The number of hydrogen-bond donors (Lipinski definition) is 0. The predicted octanol–water partition coefficient (Wildman–Crippen LogP) is 11.5. The first kappa shape index (κ1) is 20.7. The van der Waals surface area contributed by atoms with Gasteiger partial charge in [0.25, 0.3) is 0 Å². The average Bonchev–Trinajstić information content (AvgIpc) is 3.43. The zero-order valence-corrected chi connectivity index (χ0v) is 21.7. The van der Waals surface area contributed by atoms with Crippen molar-refractivity contribution in [1.29, 1.82) is 0 Å². The van der Waals surface area contributed by atoms with Crippen molar-refractivity contribution < 1.29 is 0 Å². The highest BCUT2D eigenvalue weighted by Gasteiger charge is 2.22. The first-order valence-corrected chi connectivity index (χ1v) is 14.0. The molecule has 0 heterocycles. The fourth-order valence-corrected chi connectivity index (χ4v) is 7.73. The van der Waals surface area contributed by atoms with Gasteiger partial charge in [-0.25, -0.2) is 0 Å². The van der Waals surface area contributed by atoms with Crippen LogP contribution in [0.25, 0.3) is 97.0 Å². The molecule has 0 saturated carbocycles. The molecule has 0 heteroatoms. The van der Waals surface area contributed by atoms with E-state index in [-0.39, 0.29) is 0 Å². The lowest BCUT2D eigenvalue weighted by atomic mass is 10.1. The third-order valence-corrected chi connectivity index (χ3v) is 9.24. The van der Waals surface area contributed by atoms with Crippen LogP contribution in [0.3, 0.4) is 0 Å². The molecule has 0 aliphatic carbocycles. The monoisotopic (exact) mass is 502 g/mol. The summed E-state index contributed by atoms with van der Waals surface area (Å²) >= 11 is 0. The molecule has 0 fully saturated rings. The average molecular weight is 503 g/mol. The van der Waals surface area contributed by atoms with Crippen molar-refractivity contribution in [2.75, 3.05) is 0 Å². The summed E-state index contributed by atoms with van der Waals surface area (Å²) in [6.45, 7) is 0. The van der Waals surface area contributed by atoms with E-state index in [2.05, 4.69) is 133 Å². The van der Waals surface area contributed by atoms with Gasteiger partial charge in [0.05, 0.1) is 0 Å². The topological polar surface area (TPSA) is 0 Å². The molecule has 0 unspecified atom stereocenters. The molecule has 0 aromatic heterocycles. The van der Waals surface area contributed by atoms with E-state index >= 15 is 0 Å². The van der Waals surface area contributed by atoms with E-state index < -0.39 is 0 Å². The smallest absolute Gasteiger partial charge is 0.000740 e. The van der Waals surface area contributed by atoms with Gasteiger partial charge >= 0.3 is 0 Å². The summed E-state index contributed by atoms with van der Waals surface area (Å²) in [7, 11) is 0. The summed E-state index contributed by atoms with van der Waals surface area (Å²) in [5, 5.41) is 24.1. The molecule has 40 heavy (non-hydrogen) atoms. The predicted molar refractivity (Wildman–Crippen MR) is 175 cm³/mol. The van der Waals surface area contributed by atoms with Crippen molar-refractivity contribution in [3.8, 4) is 0 Å². The molecule has 0 atom stereocenters. The molecule has 0 amide bonds. The van der Waals surface area contributed by atoms with Crippen molar-refractivity contribution in [2.24, 2.45) is 0 Å². The molecular formula is C40H22. The first-order valence-electron chi connectivity index (χ1n) is 14.0. The third kappa shape index (κ3) is 2.43. The third-order valence-electron chi connectivity index (χ3n) is 9.24. The second-order valence-corrected chi connectivity index (χ2v) is 11.2. The first-order chi connectivity index (χ1) is 19.9. The van der Waals surface area contributed by atoms with Gasteiger partial charge in [-0.05, 0) is 121 Å². The zero-order chi connectivity index (χ0) is 25.9. The number of fused-ring (bicyclic) bond motifs is 10. The summed E-state index contributed by atoms with van der Waals surface area (Å²) in [5.41, 5.74) is 0. The Bertz CT molecular complexity index is 2500. The largest absolute Gasteiger partial charge is 0.0622 e. The Morgan fingerprint density at radius 2 is 0.525 bits per heavy atom. The second kappa shape index (κ2) is 7.25. The van der Waals surface area contributed by atoms with Crippen molar-refractivity contribution >= 4 is 97.0 Å². The van der Waals surface area contributed by atoms with Gasteiger partial charge in [0.1, 0.15) is 0 Å². The molecule has 0 aliphatic rings. The van der Waals surface area contributed by atoms with E-state index in [4.69, 9.17) is 0 Å². The minimum atomic E-state index is 1.29. The van der Waals surface area contributed by atoms with E-state index in [1.54, 1.807) is 0 Å². The highest BCUT2D eigenvalue weighted by Crippen LogP contribution is 2.51. The maximum absolute atomic E-state index is 2.45. The fraction of sp³-hybridized carbons (Fsp3) is 0. The lowest BCUT2D eigenvalue weighted by Gasteiger charge is -1.95. The van der Waals surface area contributed by atoms with Crippen LogP contribution >= 0.6 is 0 Å². The molecule has 0 spiro atoms. The van der Waals surface area contributed by atoms with Gasteiger partial charge in [-0.2, -0.15) is 0 Å². The minimum absolute atomic E-state index is 1.29. The summed E-state index contributed by atoms with van der Waals surface area (Å²) in [4.78, 5) is 0. The molecular weight excluding hydrogens is 480 g/mol. The van der Waals surface area contributed by atoms with Crippen LogP contribution < -0.4 is 0 Å². The molecule has 0 nitrogen and oxygen atoms in total. The zero-order valence-electron chi connectivity index (χ0n) is 21.7. The van der Waals surface area contributed by atoms with Crippen LogP contribution in [0.2, 0.25) is 0 Å². The van der Waals surface area contributed by atoms with Crippen LogP contribution in [0.1, 0.15) is 0 Å². The van der Waals surface area contributed by atoms with Crippen molar-refractivity contribution in [3.05, 3.63) is 133 Å². The summed E-state index contributed by atoms with van der Waals surface area (Å²) < 4.78 is 0. The molecule has 0 bridgehead atoms. The molecule has 10 aromatic carbocycles. The standard InChI is InChI=1S/C40H22/c1-3-11-23-19-31-33-21-26-14-8-10-18-30-36(26)39(33)40-34(32-20-24-12-4-2-6-16-28(24)38(30)32)22-25-13-7-9-17-29(35(25)40)37(31)27(23)15-5-1/h1-22H. The summed E-state index contributed by atoms with van der Waals surface area (Å²) in [5.74, 6) is 0. The quantitative estimate of drug-likeness (QED) is 0.193. The van der Waals surface area contributed by atoms with E-state index in [0.717, 1.165) is 0 Å². The van der Waals surface area contributed by atoms with Gasteiger partial charge in [0.15, 0.2) is 0 Å². The molecule has 0 N–H and O–H groups in total. The Kier molecular flexibility index (Phi) is 3.76. The molecule has 0 radical (unpaired) electrons. The van der Waals surface area contributed by atoms with E-state index in [1.807, 2.05) is 0 Å². The van der Waals surface area contributed by atoms with Crippen LogP contribution in [0.15, 0.2) is 133 Å². The Balaban J connectivity index is 1.70. The van der Waals surface area contributed by atoms with Gasteiger partial charge in [0, 0.05) is 0 Å². The van der Waals surface area contributed by atoms with Crippen LogP contribution in [0, 0.1) is 0 Å². The van der Waals surface area contributed by atoms with Gasteiger partial charge < -0.3 is 0 Å². The molecule has 0 aliphatic heterocycles. The summed E-state index contributed by atoms with van der Waals surface area (Å²) in [6.07, 6.45) is 0. The van der Waals surface area contributed by atoms with E-state index in [1.165, 1.54) is 97.0 Å². The normalized spacial score (nSPS) is 12.5. The van der Waals surface area contributed by atoms with Crippen molar-refractivity contribution in [3.63, 3.8) is 0 Å². The van der Waals surface area contributed by atoms with Crippen LogP contribution in [0.5, 0.6) is 0 Å². The van der Waals surface area contributed by atoms with E-state index in [9.17, 15) is 0 Å². The molecule has 182 valence electrons. The van der Waals surface area contributed by atoms with Gasteiger partial charge in [-0.15, -0.1) is 0 Å². The second-order valence-electron chi connectivity index (χ2n) is 11.2. The van der Waals surface area contributed by atoms with E-state index in [0.29, 0.717) is 0 Å². The SMILES string of the molecule is c1ccc2cc3c4cc5ccccc6c7c8cccccc8cc7c7cc8ccccc(c3c2cc1)c8c7c4c56. The van der Waals surface area contributed by atoms with Crippen LogP contribution in [-0.2, 0) is 0 Å². The highest BCUT2D eigenvalue weighted by atomic mass is 14.2. The summed E-state index contributed by atoms with van der Waals surface area (Å²) in [6, 6.07) is 49.9. The Labute approximate surface area is 230 Å². The maximum Gasteiger partial charge on any atom is -0.000740 e.